The fourth-order valence-electron chi connectivity index (χ4n) is 4.08. The van der Waals surface area contributed by atoms with Gasteiger partial charge in [0.2, 0.25) is 9.84 Å². The predicted molar refractivity (Wildman–Crippen MR) is 130 cm³/mol. The Bertz CT molecular complexity index is 1240. The van der Waals surface area contributed by atoms with E-state index in [1.807, 2.05) is 6.07 Å². The maximum atomic E-state index is 13.3. The average molecular weight is 469 g/mol. The molecule has 0 atom stereocenters. The van der Waals surface area contributed by atoms with Crippen LogP contribution in [0.5, 0.6) is 0 Å². The first kappa shape index (κ1) is 22.7. The number of nitrogens with one attached hydrogen (secondary N) is 1. The monoisotopic (exact) mass is 468 g/mol. The van der Waals surface area contributed by atoms with Gasteiger partial charge in [0.15, 0.2) is 0 Å². The highest BCUT2D eigenvalue weighted by Gasteiger charge is 2.22. The first-order chi connectivity index (χ1) is 15.3. The van der Waals surface area contributed by atoms with Crippen LogP contribution in [-0.2, 0) is 16.4 Å². The topological polar surface area (TPSA) is 90.5 Å². The minimum Gasteiger partial charge on any atom is -0.383 e. The van der Waals surface area contributed by atoms with Crippen LogP contribution < -0.4 is 5.73 Å². The molecule has 3 N–H and O–H groups in total. The van der Waals surface area contributed by atoms with Gasteiger partial charge in [0.1, 0.15) is 5.84 Å². The van der Waals surface area contributed by atoms with E-state index in [4.69, 9.17) is 11.1 Å². The molecule has 0 spiro atoms. The van der Waals surface area contributed by atoms with E-state index in [0.29, 0.717) is 4.88 Å². The Morgan fingerprint density at radius 2 is 1.78 bits per heavy atom. The molecule has 1 saturated heterocycles. The minimum absolute atomic E-state index is 0.126. The Hall–Kier alpha value is -2.52. The zero-order chi connectivity index (χ0) is 22.9. The van der Waals surface area contributed by atoms with Gasteiger partial charge < -0.3 is 10.6 Å². The summed E-state index contributed by atoms with van der Waals surface area (Å²) in [4.78, 5) is 5.66. The van der Waals surface area contributed by atoms with Gasteiger partial charge >= 0.3 is 0 Å². The van der Waals surface area contributed by atoms with Gasteiger partial charge in [-0.1, -0.05) is 30.3 Å². The van der Waals surface area contributed by atoms with E-state index in [0.717, 1.165) is 49.4 Å². The molecular formula is C24H28N4O2S2. The number of nitrogens with zero attached hydrogens (tertiary/aromatic N) is 2. The number of likely N-dealkylation sites (N-methyl/N-ethyl adjacent to an activating group) is 1. The van der Waals surface area contributed by atoms with Gasteiger partial charge in [-0.3, -0.25) is 10.3 Å². The number of nitrogen functional groups attached to an aromatic ring is 1. The summed E-state index contributed by atoms with van der Waals surface area (Å²) < 4.78 is 26.5. The standard InChI is InChI=1S/C24H28N4O2S2/c1-17-5-3-7-19(15-28-11-9-27(2)10-12-28)23(17)18-6-4-8-20(13-18)32(29,30)21-14-22(24(25)26)31-16-21/h3-8,13-14,16H,9-12,15H2,1-2H3,(H3,25,26). The van der Waals surface area contributed by atoms with Gasteiger partial charge in [0.05, 0.1) is 14.7 Å². The second-order valence-electron chi connectivity index (χ2n) is 8.28. The number of sulfone groups is 1. The number of piperazine rings is 1. The second-order valence-corrected chi connectivity index (χ2v) is 11.1. The largest absolute Gasteiger partial charge is 0.383 e. The molecule has 0 bridgehead atoms. The minimum atomic E-state index is -3.70. The van der Waals surface area contributed by atoms with Crippen molar-refractivity contribution in [3.8, 4) is 11.1 Å². The SMILES string of the molecule is Cc1cccc(CN2CCN(C)CC2)c1-c1cccc(S(=O)(=O)c2csc(C(=N)N)c2)c1. The molecule has 4 rings (SSSR count). The Kier molecular flexibility index (Phi) is 6.48. The highest BCUT2D eigenvalue weighted by molar-refractivity contribution is 7.91. The van der Waals surface area contributed by atoms with Crippen LogP contribution in [0.25, 0.3) is 11.1 Å². The molecule has 0 amide bonds. The molecule has 0 radical (unpaired) electrons. The van der Waals surface area contributed by atoms with E-state index >= 15 is 0 Å². The third-order valence-electron chi connectivity index (χ3n) is 5.93. The summed E-state index contributed by atoms with van der Waals surface area (Å²) in [5.74, 6) is -0.126. The first-order valence-corrected chi connectivity index (χ1v) is 12.9. The molecule has 168 valence electrons. The number of hydrogen-bond donors (Lipinski definition) is 2. The van der Waals surface area contributed by atoms with Crippen molar-refractivity contribution < 1.29 is 8.42 Å². The summed E-state index contributed by atoms with van der Waals surface area (Å²) in [7, 11) is -1.55. The van der Waals surface area contributed by atoms with Gasteiger partial charge in [-0.25, -0.2) is 8.42 Å². The van der Waals surface area contributed by atoms with Crippen molar-refractivity contribution in [1.29, 1.82) is 5.41 Å². The van der Waals surface area contributed by atoms with Crippen molar-refractivity contribution >= 4 is 27.0 Å². The lowest BCUT2D eigenvalue weighted by Gasteiger charge is -2.33. The quantitative estimate of drug-likeness (QED) is 0.426. The Labute approximate surface area is 193 Å². The van der Waals surface area contributed by atoms with Crippen LogP contribution in [0.1, 0.15) is 16.0 Å². The van der Waals surface area contributed by atoms with Crippen molar-refractivity contribution in [2.45, 2.75) is 23.3 Å². The highest BCUT2D eigenvalue weighted by atomic mass is 32.2. The van der Waals surface area contributed by atoms with E-state index in [-0.39, 0.29) is 15.6 Å². The van der Waals surface area contributed by atoms with E-state index < -0.39 is 9.84 Å². The number of amidine groups is 1. The summed E-state index contributed by atoms with van der Waals surface area (Å²) in [6, 6.07) is 14.9. The summed E-state index contributed by atoms with van der Waals surface area (Å²) >= 11 is 1.17. The second kappa shape index (κ2) is 9.15. The van der Waals surface area contributed by atoms with E-state index in [1.165, 1.54) is 23.0 Å². The van der Waals surface area contributed by atoms with Crippen LogP contribution in [0.4, 0.5) is 0 Å². The number of rotatable bonds is 6. The Morgan fingerprint density at radius 1 is 1.06 bits per heavy atom. The van der Waals surface area contributed by atoms with Crippen molar-refractivity contribution in [3.63, 3.8) is 0 Å². The van der Waals surface area contributed by atoms with Gasteiger partial charge in [0, 0.05) is 38.1 Å². The molecule has 3 aromatic rings. The zero-order valence-electron chi connectivity index (χ0n) is 18.3. The van der Waals surface area contributed by atoms with Crippen molar-refractivity contribution in [1.82, 2.24) is 9.80 Å². The first-order valence-electron chi connectivity index (χ1n) is 10.5. The van der Waals surface area contributed by atoms with E-state index in [1.54, 1.807) is 23.6 Å². The smallest absolute Gasteiger partial charge is 0.207 e. The van der Waals surface area contributed by atoms with Gasteiger partial charge in [-0.05, 0) is 54.4 Å². The number of nitrogens with two attached hydrogens (primary N) is 1. The van der Waals surface area contributed by atoms with Crippen LogP contribution in [0.15, 0.2) is 63.7 Å². The van der Waals surface area contributed by atoms with Crippen LogP contribution in [0, 0.1) is 12.3 Å². The van der Waals surface area contributed by atoms with Crippen molar-refractivity contribution in [3.05, 3.63) is 69.9 Å². The van der Waals surface area contributed by atoms with Crippen LogP contribution in [0.3, 0.4) is 0 Å². The van der Waals surface area contributed by atoms with Crippen molar-refractivity contribution in [2.75, 3.05) is 33.2 Å². The van der Waals surface area contributed by atoms with Gasteiger partial charge in [-0.2, -0.15) is 0 Å². The van der Waals surface area contributed by atoms with Crippen LogP contribution >= 0.6 is 11.3 Å². The van der Waals surface area contributed by atoms with Gasteiger partial charge in [-0.15, -0.1) is 11.3 Å². The van der Waals surface area contributed by atoms with E-state index in [2.05, 4.69) is 42.0 Å². The number of benzene rings is 2. The Balaban J connectivity index is 1.69. The molecule has 32 heavy (non-hydrogen) atoms. The molecule has 1 aromatic heterocycles. The third-order valence-corrected chi connectivity index (χ3v) is 8.78. The maximum Gasteiger partial charge on any atom is 0.207 e. The Morgan fingerprint density at radius 3 is 2.47 bits per heavy atom. The summed E-state index contributed by atoms with van der Waals surface area (Å²) in [6.45, 7) is 7.07. The molecule has 1 aliphatic heterocycles. The number of hydrogen-bond acceptors (Lipinski definition) is 6. The molecule has 8 heteroatoms. The lowest BCUT2D eigenvalue weighted by atomic mass is 9.94. The molecule has 1 aliphatic rings. The van der Waals surface area contributed by atoms with Crippen LogP contribution in [-0.4, -0.2) is 57.3 Å². The molecular weight excluding hydrogens is 440 g/mol. The predicted octanol–water partition coefficient (Wildman–Crippen LogP) is 3.59. The number of thiophene rings is 1. The zero-order valence-corrected chi connectivity index (χ0v) is 20.0. The van der Waals surface area contributed by atoms with E-state index in [9.17, 15) is 8.42 Å². The highest BCUT2D eigenvalue weighted by Crippen LogP contribution is 2.32. The molecule has 0 aliphatic carbocycles. The van der Waals surface area contributed by atoms with Gasteiger partial charge in [0.25, 0.3) is 0 Å². The lowest BCUT2D eigenvalue weighted by molar-refractivity contribution is 0.148. The lowest BCUT2D eigenvalue weighted by Crippen LogP contribution is -2.43. The summed E-state index contributed by atoms with van der Waals surface area (Å²) in [5, 5.41) is 9.10. The van der Waals surface area contributed by atoms with Crippen LogP contribution in [0.2, 0.25) is 0 Å². The fraction of sp³-hybridized carbons (Fsp3) is 0.292. The van der Waals surface area contributed by atoms with Crippen molar-refractivity contribution in [2.24, 2.45) is 5.73 Å². The number of aryl methyl sites for hydroxylation is 1. The fourth-order valence-corrected chi connectivity index (χ4v) is 6.52. The molecule has 0 saturated carbocycles. The summed E-state index contributed by atoms with van der Waals surface area (Å²) in [6.07, 6.45) is 0. The normalized spacial score (nSPS) is 15.7. The molecule has 2 heterocycles. The average Bonchev–Trinajstić information content (AvgIpc) is 3.27. The maximum absolute atomic E-state index is 13.3. The third kappa shape index (κ3) is 4.63. The molecule has 1 fully saturated rings. The molecule has 2 aromatic carbocycles. The summed E-state index contributed by atoms with van der Waals surface area (Å²) in [5.41, 5.74) is 9.85. The molecule has 6 nitrogen and oxygen atoms in total. The molecule has 0 unspecified atom stereocenters.